The minimum absolute atomic E-state index is 0.105. The van der Waals surface area contributed by atoms with E-state index in [4.69, 9.17) is 0 Å². The van der Waals surface area contributed by atoms with Gasteiger partial charge in [0, 0.05) is 62.3 Å². The van der Waals surface area contributed by atoms with Gasteiger partial charge >= 0.3 is 6.03 Å². The third-order valence-electron chi connectivity index (χ3n) is 9.36. The molecule has 0 radical (unpaired) electrons. The van der Waals surface area contributed by atoms with E-state index in [0.29, 0.717) is 50.4 Å². The molecule has 1 aliphatic carbocycles. The Hall–Kier alpha value is -3.44. The number of fused-ring (bicyclic) bond motifs is 1. The van der Waals surface area contributed by atoms with Gasteiger partial charge < -0.3 is 15.1 Å². The summed E-state index contributed by atoms with van der Waals surface area (Å²) in [5.41, 5.74) is 0.481. The number of likely N-dealkylation sites (tertiary alicyclic amines) is 1. The Morgan fingerprint density at radius 2 is 1.86 bits per heavy atom. The molecule has 3 fully saturated rings. The number of carbonyl (C=O) groups excluding carboxylic acids is 1. The second-order valence-corrected chi connectivity index (χ2v) is 11.9. The summed E-state index contributed by atoms with van der Waals surface area (Å²) in [5, 5.41) is 3.42. The molecule has 4 heterocycles. The van der Waals surface area contributed by atoms with Crippen LogP contribution in [0.4, 0.5) is 18.0 Å². The lowest BCUT2D eigenvalue weighted by Gasteiger charge is -2.51. The van der Waals surface area contributed by atoms with Gasteiger partial charge in [-0.3, -0.25) is 14.1 Å². The number of hydrogen-bond donors (Lipinski definition) is 1. The van der Waals surface area contributed by atoms with E-state index in [1.807, 2.05) is 11.8 Å². The lowest BCUT2D eigenvalue weighted by Crippen LogP contribution is -2.64. The van der Waals surface area contributed by atoms with E-state index in [2.05, 4.69) is 15.2 Å². The number of halogens is 3. The molecular formula is C31H37F3N6O2. The highest BCUT2D eigenvalue weighted by molar-refractivity contribution is 5.75. The van der Waals surface area contributed by atoms with Crippen LogP contribution in [-0.4, -0.2) is 74.4 Å². The first kappa shape index (κ1) is 28.7. The SMILES string of the molecule is CCN[C@@H]1CCN(C(=O)N2CCN(Cc3cnc4ccc(F)cn4c3=O)C3(CCCC3)C2)[C@H](c2cc(F)ccc2F)C1. The minimum atomic E-state index is -0.576. The molecule has 2 amide bonds. The molecule has 1 N–H and O–H groups in total. The molecule has 0 unspecified atom stereocenters. The molecule has 3 aromatic rings. The van der Waals surface area contributed by atoms with Crippen LogP contribution >= 0.6 is 0 Å². The largest absolute Gasteiger partial charge is 0.321 e. The third-order valence-corrected chi connectivity index (χ3v) is 9.36. The third kappa shape index (κ3) is 5.40. The number of piperazine rings is 1. The lowest BCUT2D eigenvalue weighted by molar-refractivity contribution is -0.00253. The molecule has 42 heavy (non-hydrogen) atoms. The average Bonchev–Trinajstić information content (AvgIpc) is 3.45. The number of amides is 2. The maximum absolute atomic E-state index is 15.0. The summed E-state index contributed by atoms with van der Waals surface area (Å²) in [7, 11) is 0. The molecule has 1 aromatic carbocycles. The van der Waals surface area contributed by atoms with Crippen LogP contribution in [0.1, 0.15) is 62.6 Å². The number of hydrogen-bond acceptors (Lipinski definition) is 5. The van der Waals surface area contributed by atoms with E-state index in [1.165, 1.54) is 22.6 Å². The molecule has 224 valence electrons. The first-order valence-corrected chi connectivity index (χ1v) is 14.9. The quantitative estimate of drug-likeness (QED) is 0.481. The fraction of sp³-hybridized carbons (Fsp3) is 0.516. The van der Waals surface area contributed by atoms with Gasteiger partial charge in [0.1, 0.15) is 23.1 Å². The molecule has 2 aromatic heterocycles. The topological polar surface area (TPSA) is 73.2 Å². The molecule has 3 aliphatic rings. The normalized spacial score (nSPS) is 22.8. The predicted molar refractivity (Wildman–Crippen MR) is 153 cm³/mol. The van der Waals surface area contributed by atoms with Crippen molar-refractivity contribution in [3.8, 4) is 0 Å². The van der Waals surface area contributed by atoms with Crippen LogP contribution < -0.4 is 10.9 Å². The van der Waals surface area contributed by atoms with Gasteiger partial charge in [0.05, 0.1) is 11.6 Å². The molecule has 2 aliphatic heterocycles. The van der Waals surface area contributed by atoms with Crippen molar-refractivity contribution < 1.29 is 18.0 Å². The molecule has 6 rings (SSSR count). The molecule has 1 saturated carbocycles. The number of nitrogens with one attached hydrogen (secondary N) is 1. The number of pyridine rings is 1. The van der Waals surface area contributed by atoms with Crippen LogP contribution in [0.25, 0.3) is 5.65 Å². The number of carbonyl (C=O) groups is 1. The zero-order chi connectivity index (χ0) is 29.4. The summed E-state index contributed by atoms with van der Waals surface area (Å²) in [6.45, 7) is 5.07. The lowest BCUT2D eigenvalue weighted by atomic mass is 9.90. The van der Waals surface area contributed by atoms with Crippen LogP contribution in [0.5, 0.6) is 0 Å². The van der Waals surface area contributed by atoms with Crippen LogP contribution in [0.2, 0.25) is 0 Å². The zero-order valence-electron chi connectivity index (χ0n) is 23.9. The molecule has 8 nitrogen and oxygen atoms in total. The van der Waals surface area contributed by atoms with Crippen LogP contribution in [0.3, 0.4) is 0 Å². The Kier molecular flexibility index (Phi) is 7.97. The smallest absolute Gasteiger partial charge is 0.320 e. The second kappa shape index (κ2) is 11.7. The number of rotatable bonds is 5. The van der Waals surface area contributed by atoms with Crippen LogP contribution in [-0.2, 0) is 6.54 Å². The summed E-state index contributed by atoms with van der Waals surface area (Å²) in [6.07, 6.45) is 7.78. The molecule has 2 atom stereocenters. The van der Waals surface area contributed by atoms with Gasteiger partial charge in [0.2, 0.25) is 0 Å². The second-order valence-electron chi connectivity index (χ2n) is 11.9. The van der Waals surface area contributed by atoms with Gasteiger partial charge in [-0.15, -0.1) is 0 Å². The van der Waals surface area contributed by atoms with Gasteiger partial charge in [0.25, 0.3) is 5.56 Å². The van der Waals surface area contributed by atoms with Gasteiger partial charge in [-0.05, 0) is 62.6 Å². The maximum atomic E-state index is 15.0. The van der Waals surface area contributed by atoms with E-state index in [9.17, 15) is 22.8 Å². The summed E-state index contributed by atoms with van der Waals surface area (Å²) in [6, 6.07) is 5.58. The Bertz CT molecular complexity index is 1520. The Labute approximate surface area is 243 Å². The number of benzene rings is 1. The highest BCUT2D eigenvalue weighted by Gasteiger charge is 2.46. The Balaban J connectivity index is 1.24. The predicted octanol–water partition coefficient (Wildman–Crippen LogP) is 4.48. The van der Waals surface area contributed by atoms with Crippen molar-refractivity contribution in [2.45, 2.75) is 69.6 Å². The highest BCUT2D eigenvalue weighted by atomic mass is 19.1. The van der Waals surface area contributed by atoms with E-state index < -0.39 is 23.5 Å². The average molecular weight is 583 g/mol. The fourth-order valence-corrected chi connectivity index (χ4v) is 7.25. The molecule has 1 spiro atoms. The van der Waals surface area contributed by atoms with Gasteiger partial charge in [-0.2, -0.15) is 0 Å². The number of nitrogens with zero attached hydrogens (tertiary/aromatic N) is 5. The van der Waals surface area contributed by atoms with Crippen molar-refractivity contribution in [2.24, 2.45) is 0 Å². The highest BCUT2D eigenvalue weighted by Crippen LogP contribution is 2.40. The van der Waals surface area contributed by atoms with Crippen molar-refractivity contribution in [3.05, 3.63) is 81.7 Å². The molecule has 2 saturated heterocycles. The van der Waals surface area contributed by atoms with Crippen molar-refractivity contribution in [3.63, 3.8) is 0 Å². The number of aromatic nitrogens is 2. The molecule has 0 bridgehead atoms. The van der Waals surface area contributed by atoms with E-state index >= 15 is 0 Å². The monoisotopic (exact) mass is 582 g/mol. The number of piperidine rings is 1. The first-order chi connectivity index (χ1) is 20.3. The van der Waals surface area contributed by atoms with Gasteiger partial charge in [-0.25, -0.2) is 22.9 Å². The Morgan fingerprint density at radius 1 is 1.07 bits per heavy atom. The van der Waals surface area contributed by atoms with E-state index in [-0.39, 0.29) is 28.7 Å². The summed E-state index contributed by atoms with van der Waals surface area (Å²) in [4.78, 5) is 37.6. The van der Waals surface area contributed by atoms with Crippen molar-refractivity contribution >= 4 is 11.7 Å². The molecule has 11 heteroatoms. The zero-order valence-corrected chi connectivity index (χ0v) is 23.9. The molecular weight excluding hydrogens is 545 g/mol. The first-order valence-electron chi connectivity index (χ1n) is 14.9. The van der Waals surface area contributed by atoms with Crippen molar-refractivity contribution in [1.82, 2.24) is 29.4 Å². The van der Waals surface area contributed by atoms with Gasteiger partial charge in [-0.1, -0.05) is 19.8 Å². The Morgan fingerprint density at radius 3 is 2.64 bits per heavy atom. The minimum Gasteiger partial charge on any atom is -0.321 e. The van der Waals surface area contributed by atoms with E-state index in [0.717, 1.165) is 57.0 Å². The summed E-state index contributed by atoms with van der Waals surface area (Å²) < 4.78 is 44.4. The van der Waals surface area contributed by atoms with Crippen molar-refractivity contribution in [1.29, 1.82) is 0 Å². The maximum Gasteiger partial charge on any atom is 0.320 e. The fourth-order valence-electron chi connectivity index (χ4n) is 7.25. The van der Waals surface area contributed by atoms with Crippen LogP contribution in [0.15, 0.2) is 47.5 Å². The van der Waals surface area contributed by atoms with E-state index in [1.54, 1.807) is 11.1 Å². The summed E-state index contributed by atoms with van der Waals surface area (Å²) in [5.74, 6) is -1.54. The van der Waals surface area contributed by atoms with Crippen LogP contribution in [0, 0.1) is 17.5 Å². The number of urea groups is 1. The van der Waals surface area contributed by atoms with Gasteiger partial charge in [0.15, 0.2) is 0 Å². The standard InChI is InChI=1S/C31H37F3N6O2/c1-2-35-24-9-12-39(27(16-24)25-15-22(32)5-7-26(25)34)30(42)37-13-14-38(31(20-37)10-3-4-11-31)18-21-17-36-28-8-6-23(33)19-40(28)29(21)41/h5-8,15,17,19,24,27,35H,2-4,9-14,16,18,20H2,1H3/t24-,27+/m1/s1. The van der Waals surface area contributed by atoms with Crippen molar-refractivity contribution in [2.75, 3.05) is 32.7 Å². The summed E-state index contributed by atoms with van der Waals surface area (Å²) >= 11 is 0.